The molecule has 1 N–H and O–H groups in total. The second-order valence-electron chi connectivity index (χ2n) is 8.25. The van der Waals surface area contributed by atoms with Gasteiger partial charge in [0.05, 0.1) is 18.0 Å². The average molecular weight is 493 g/mol. The van der Waals surface area contributed by atoms with Crippen molar-refractivity contribution in [2.75, 3.05) is 6.61 Å². The number of carboxylic acid groups (broad SMARTS) is 1. The topological polar surface area (TPSA) is 85.5 Å². The normalized spacial score (nSPS) is 10.6. The van der Waals surface area contributed by atoms with Crippen molar-refractivity contribution in [2.45, 2.75) is 39.5 Å². The summed E-state index contributed by atoms with van der Waals surface area (Å²) in [6.45, 7) is 4.48. The number of aliphatic carboxylic acids is 1. The van der Waals surface area contributed by atoms with Crippen molar-refractivity contribution in [1.29, 1.82) is 0 Å². The zero-order valence-corrected chi connectivity index (χ0v) is 20.7. The largest absolute Gasteiger partial charge is 0.494 e. The lowest BCUT2D eigenvalue weighted by molar-refractivity contribution is -0.136. The van der Waals surface area contributed by atoms with E-state index in [1.165, 1.54) is 0 Å². The van der Waals surface area contributed by atoms with Gasteiger partial charge in [-0.1, -0.05) is 24.3 Å². The van der Waals surface area contributed by atoms with Crippen molar-refractivity contribution >= 4 is 18.4 Å². The molecule has 0 atom stereocenters. The van der Waals surface area contributed by atoms with Gasteiger partial charge < -0.3 is 14.3 Å². The molecule has 2 heterocycles. The summed E-state index contributed by atoms with van der Waals surface area (Å²) >= 11 is 0. The van der Waals surface area contributed by atoms with Crippen LogP contribution in [0.4, 0.5) is 0 Å². The minimum absolute atomic E-state index is 0. The van der Waals surface area contributed by atoms with Crippen molar-refractivity contribution < 1.29 is 19.1 Å². The number of carbonyl (C=O) groups is 1. The van der Waals surface area contributed by atoms with Gasteiger partial charge >= 0.3 is 5.97 Å². The summed E-state index contributed by atoms with van der Waals surface area (Å²) in [7, 11) is 0. The molecule has 2 aromatic carbocycles. The molecule has 0 fully saturated rings. The Balaban J connectivity index is 0.00000342. The van der Waals surface area contributed by atoms with Crippen molar-refractivity contribution in [3.8, 4) is 28.5 Å². The number of aromatic nitrogens is 2. The van der Waals surface area contributed by atoms with E-state index in [0.29, 0.717) is 18.9 Å². The monoisotopic (exact) mass is 492 g/mol. The van der Waals surface area contributed by atoms with Crippen LogP contribution in [0.5, 0.6) is 5.75 Å². The predicted molar refractivity (Wildman–Crippen MR) is 138 cm³/mol. The number of pyridine rings is 1. The first-order valence-corrected chi connectivity index (χ1v) is 11.4. The molecule has 0 saturated carbocycles. The number of halogens is 1. The van der Waals surface area contributed by atoms with Crippen LogP contribution in [0.1, 0.15) is 35.4 Å². The zero-order valence-electron chi connectivity index (χ0n) is 19.9. The maximum absolute atomic E-state index is 10.8. The highest BCUT2D eigenvalue weighted by Gasteiger charge is 2.12. The first-order valence-electron chi connectivity index (χ1n) is 11.4. The Hall–Kier alpha value is -3.64. The van der Waals surface area contributed by atoms with E-state index in [9.17, 15) is 4.79 Å². The number of hydrogen-bond donors (Lipinski definition) is 1. The highest BCUT2D eigenvalue weighted by Crippen LogP contribution is 2.26. The minimum Gasteiger partial charge on any atom is -0.494 e. The van der Waals surface area contributed by atoms with Gasteiger partial charge in [-0.3, -0.25) is 9.78 Å². The summed E-state index contributed by atoms with van der Waals surface area (Å²) < 4.78 is 11.8. The number of rotatable bonds is 10. The maximum Gasteiger partial charge on any atom is 0.303 e. The SMILES string of the molecule is Cc1cc(OCCCc2nc(-c3ccc(-c4ccccn4)cc3)oc2C)ccc1CCC(=O)O.Cl. The van der Waals surface area contributed by atoms with Crippen LogP contribution < -0.4 is 4.74 Å². The summed E-state index contributed by atoms with van der Waals surface area (Å²) in [6, 6.07) is 19.7. The first-order chi connectivity index (χ1) is 16.5. The van der Waals surface area contributed by atoms with Crippen LogP contribution in [0.3, 0.4) is 0 Å². The summed E-state index contributed by atoms with van der Waals surface area (Å²) in [5.41, 5.74) is 5.94. The molecule has 0 spiro atoms. The molecule has 2 aromatic heterocycles. The van der Waals surface area contributed by atoms with E-state index < -0.39 is 5.97 Å². The predicted octanol–water partition coefficient (Wildman–Crippen LogP) is 6.47. The minimum atomic E-state index is -0.785. The third kappa shape index (κ3) is 6.93. The van der Waals surface area contributed by atoms with Crippen LogP contribution in [0, 0.1) is 13.8 Å². The van der Waals surface area contributed by atoms with E-state index in [-0.39, 0.29) is 18.8 Å². The summed E-state index contributed by atoms with van der Waals surface area (Å²) in [4.78, 5) is 19.9. The number of ether oxygens (including phenoxy) is 1. The molecule has 0 saturated heterocycles. The molecule has 0 radical (unpaired) electrons. The van der Waals surface area contributed by atoms with Gasteiger partial charge in [0.1, 0.15) is 11.5 Å². The van der Waals surface area contributed by atoms with Gasteiger partial charge in [-0.05, 0) is 80.6 Å². The molecule has 0 unspecified atom stereocenters. The summed E-state index contributed by atoms with van der Waals surface area (Å²) in [5.74, 6) is 1.45. The molecule has 182 valence electrons. The Morgan fingerprint density at radius 3 is 2.46 bits per heavy atom. The third-order valence-electron chi connectivity index (χ3n) is 5.73. The second kappa shape index (κ2) is 12.2. The van der Waals surface area contributed by atoms with Crippen LogP contribution >= 0.6 is 12.4 Å². The summed E-state index contributed by atoms with van der Waals surface area (Å²) in [5, 5.41) is 8.86. The standard InChI is InChI=1S/C28H28N2O4.ClH/c1-19-18-24(14-12-21(19)13-15-27(31)32)33-17-5-7-25-20(2)34-28(30-25)23-10-8-22(9-11-23)26-6-3-4-16-29-26;/h3-4,6,8-12,14,16,18H,5,7,13,15,17H2,1-2H3,(H,31,32);1H. The van der Waals surface area contributed by atoms with E-state index in [4.69, 9.17) is 19.2 Å². The molecule has 6 nitrogen and oxygen atoms in total. The van der Waals surface area contributed by atoms with Crippen molar-refractivity contribution in [3.63, 3.8) is 0 Å². The third-order valence-corrected chi connectivity index (χ3v) is 5.73. The molecule has 0 aliphatic heterocycles. The van der Waals surface area contributed by atoms with Crippen LogP contribution in [0.25, 0.3) is 22.7 Å². The fourth-order valence-electron chi connectivity index (χ4n) is 3.81. The average Bonchev–Trinajstić information content (AvgIpc) is 3.22. The van der Waals surface area contributed by atoms with Gasteiger partial charge in [-0.15, -0.1) is 12.4 Å². The van der Waals surface area contributed by atoms with Gasteiger partial charge in [-0.2, -0.15) is 0 Å². The van der Waals surface area contributed by atoms with E-state index in [0.717, 1.165) is 58.0 Å². The highest BCUT2D eigenvalue weighted by atomic mass is 35.5. The van der Waals surface area contributed by atoms with Crippen molar-refractivity contribution in [1.82, 2.24) is 9.97 Å². The number of nitrogens with zero attached hydrogens (tertiary/aromatic N) is 2. The quantitative estimate of drug-likeness (QED) is 0.255. The summed E-state index contributed by atoms with van der Waals surface area (Å²) in [6.07, 6.45) is 4.02. The molecule has 4 aromatic rings. The molecule has 0 aliphatic carbocycles. The van der Waals surface area contributed by atoms with Gasteiger partial charge in [0.2, 0.25) is 5.89 Å². The van der Waals surface area contributed by atoms with Crippen molar-refractivity contribution in [2.24, 2.45) is 0 Å². The number of oxazole rings is 1. The molecule has 7 heteroatoms. The Morgan fingerprint density at radius 2 is 1.77 bits per heavy atom. The first kappa shape index (κ1) is 26.0. The molecule has 0 aliphatic rings. The van der Waals surface area contributed by atoms with Gasteiger partial charge in [0.25, 0.3) is 0 Å². The van der Waals surface area contributed by atoms with Gasteiger partial charge in [0.15, 0.2) is 0 Å². The van der Waals surface area contributed by atoms with Crippen LogP contribution in [0.2, 0.25) is 0 Å². The molecule has 4 rings (SSSR count). The smallest absolute Gasteiger partial charge is 0.303 e. The van der Waals surface area contributed by atoms with E-state index in [2.05, 4.69) is 4.98 Å². The van der Waals surface area contributed by atoms with E-state index in [1.807, 2.05) is 74.5 Å². The van der Waals surface area contributed by atoms with Crippen LogP contribution in [-0.4, -0.2) is 27.7 Å². The van der Waals surface area contributed by atoms with Crippen LogP contribution in [0.15, 0.2) is 71.3 Å². The van der Waals surface area contributed by atoms with E-state index >= 15 is 0 Å². The molecular formula is C28H29ClN2O4. The Bertz CT molecular complexity index is 1250. The van der Waals surface area contributed by atoms with Gasteiger partial charge in [0, 0.05) is 23.7 Å². The molecule has 0 bridgehead atoms. The molecular weight excluding hydrogens is 464 g/mol. The van der Waals surface area contributed by atoms with Crippen LogP contribution in [-0.2, 0) is 17.6 Å². The number of carboxylic acids is 1. The molecule has 35 heavy (non-hydrogen) atoms. The van der Waals surface area contributed by atoms with Gasteiger partial charge in [-0.25, -0.2) is 4.98 Å². The number of hydrogen-bond acceptors (Lipinski definition) is 5. The Labute approximate surface area is 211 Å². The Kier molecular flexibility index (Phi) is 9.04. The number of aryl methyl sites for hydroxylation is 4. The fourth-order valence-corrected chi connectivity index (χ4v) is 3.81. The lowest BCUT2D eigenvalue weighted by Crippen LogP contribution is -2.02. The molecule has 0 amide bonds. The Morgan fingerprint density at radius 1 is 1.00 bits per heavy atom. The second-order valence-corrected chi connectivity index (χ2v) is 8.25. The van der Waals surface area contributed by atoms with Crippen molar-refractivity contribution in [3.05, 3.63) is 89.4 Å². The highest BCUT2D eigenvalue weighted by molar-refractivity contribution is 5.85. The maximum atomic E-state index is 10.8. The lowest BCUT2D eigenvalue weighted by Gasteiger charge is -2.09. The zero-order chi connectivity index (χ0) is 23.9. The fraction of sp³-hybridized carbons (Fsp3) is 0.250. The lowest BCUT2D eigenvalue weighted by atomic mass is 10.0. The number of benzene rings is 2. The van der Waals surface area contributed by atoms with E-state index in [1.54, 1.807) is 6.20 Å².